The van der Waals surface area contributed by atoms with E-state index >= 15 is 0 Å². The van der Waals surface area contributed by atoms with Crippen LogP contribution in [-0.4, -0.2) is 18.0 Å². The number of ketones is 1. The van der Waals surface area contributed by atoms with Crippen LogP contribution in [0, 0.1) is 5.92 Å². The molecular formula is C13H18O3. The minimum Gasteiger partial charge on any atom is -0.504 e. The number of carbonyl (C=O) groups excluding carboxylic acids is 1. The van der Waals surface area contributed by atoms with Gasteiger partial charge >= 0.3 is 0 Å². The smallest absolute Gasteiger partial charge is 0.163 e. The molecule has 1 aromatic carbocycles. The summed E-state index contributed by atoms with van der Waals surface area (Å²) >= 11 is 0. The fourth-order valence-corrected chi connectivity index (χ4v) is 1.43. The van der Waals surface area contributed by atoms with E-state index in [0.29, 0.717) is 23.7 Å². The summed E-state index contributed by atoms with van der Waals surface area (Å²) in [6.07, 6.45) is 1.38. The standard InChI is InChI=1S/C13H18O3/c1-9(2)4-6-11(14)10-5-7-13(16-3)12(15)8-10/h5,7-9,15H,4,6H2,1-3H3. The Balaban J connectivity index is 2.73. The molecule has 0 unspecified atom stereocenters. The van der Waals surface area contributed by atoms with Crippen LogP contribution in [0.25, 0.3) is 0 Å². The van der Waals surface area contributed by atoms with Gasteiger partial charge in [-0.3, -0.25) is 4.79 Å². The Bertz CT molecular complexity index is 369. The molecule has 0 radical (unpaired) electrons. The zero-order valence-electron chi connectivity index (χ0n) is 9.99. The molecule has 1 rings (SSSR count). The van der Waals surface area contributed by atoms with Gasteiger partial charge in [0.15, 0.2) is 17.3 Å². The van der Waals surface area contributed by atoms with Gasteiger partial charge in [-0.15, -0.1) is 0 Å². The third-order valence-corrected chi connectivity index (χ3v) is 2.45. The first-order chi connectivity index (χ1) is 7.54. The number of Topliss-reactive ketones (excluding diaryl/α,β-unsaturated/α-hetero) is 1. The van der Waals surface area contributed by atoms with Crippen molar-refractivity contribution in [2.75, 3.05) is 7.11 Å². The first kappa shape index (κ1) is 12.6. The molecule has 0 heterocycles. The Morgan fingerprint density at radius 3 is 2.62 bits per heavy atom. The van der Waals surface area contributed by atoms with Crippen LogP contribution in [-0.2, 0) is 0 Å². The molecule has 0 saturated carbocycles. The molecule has 0 aliphatic carbocycles. The summed E-state index contributed by atoms with van der Waals surface area (Å²) in [5.41, 5.74) is 0.541. The number of phenols is 1. The highest BCUT2D eigenvalue weighted by atomic mass is 16.5. The van der Waals surface area contributed by atoms with Crippen LogP contribution in [0.15, 0.2) is 18.2 Å². The predicted molar refractivity (Wildman–Crippen MR) is 63.1 cm³/mol. The van der Waals surface area contributed by atoms with Crippen molar-refractivity contribution in [2.45, 2.75) is 26.7 Å². The molecule has 0 aliphatic rings. The lowest BCUT2D eigenvalue weighted by Crippen LogP contribution is -2.01. The molecule has 88 valence electrons. The normalized spacial score (nSPS) is 10.5. The van der Waals surface area contributed by atoms with Gasteiger partial charge in [-0.1, -0.05) is 13.8 Å². The quantitative estimate of drug-likeness (QED) is 0.779. The van der Waals surface area contributed by atoms with Gasteiger partial charge in [-0.05, 0) is 30.5 Å². The third-order valence-electron chi connectivity index (χ3n) is 2.45. The van der Waals surface area contributed by atoms with Crippen molar-refractivity contribution in [1.29, 1.82) is 0 Å². The molecule has 0 atom stereocenters. The average molecular weight is 222 g/mol. The Morgan fingerprint density at radius 2 is 2.12 bits per heavy atom. The van der Waals surface area contributed by atoms with Crippen molar-refractivity contribution in [2.24, 2.45) is 5.92 Å². The van der Waals surface area contributed by atoms with Crippen LogP contribution in [0.4, 0.5) is 0 Å². The maximum atomic E-state index is 11.7. The molecule has 3 heteroatoms. The average Bonchev–Trinajstić information content (AvgIpc) is 2.25. The van der Waals surface area contributed by atoms with Crippen molar-refractivity contribution in [3.05, 3.63) is 23.8 Å². The molecule has 1 aromatic rings. The highest BCUT2D eigenvalue weighted by Gasteiger charge is 2.10. The number of methoxy groups -OCH3 is 1. The van der Waals surface area contributed by atoms with Gasteiger partial charge in [0.1, 0.15) is 0 Å². The fraction of sp³-hybridized carbons (Fsp3) is 0.462. The first-order valence-electron chi connectivity index (χ1n) is 5.44. The van der Waals surface area contributed by atoms with Crippen LogP contribution >= 0.6 is 0 Å². The minimum atomic E-state index is 0.0119. The Labute approximate surface area is 96.1 Å². The van der Waals surface area contributed by atoms with Crippen LogP contribution in [0.1, 0.15) is 37.0 Å². The fourth-order valence-electron chi connectivity index (χ4n) is 1.43. The van der Waals surface area contributed by atoms with Gasteiger partial charge in [0, 0.05) is 12.0 Å². The zero-order valence-corrected chi connectivity index (χ0v) is 9.99. The number of ether oxygens (including phenoxy) is 1. The largest absolute Gasteiger partial charge is 0.504 e. The first-order valence-corrected chi connectivity index (χ1v) is 5.44. The maximum absolute atomic E-state index is 11.7. The third kappa shape index (κ3) is 3.26. The second kappa shape index (κ2) is 5.54. The van der Waals surface area contributed by atoms with Crippen molar-refractivity contribution in [1.82, 2.24) is 0 Å². The summed E-state index contributed by atoms with van der Waals surface area (Å²) in [5.74, 6) is 0.973. The second-order valence-electron chi connectivity index (χ2n) is 4.24. The highest BCUT2D eigenvalue weighted by Crippen LogP contribution is 2.27. The summed E-state index contributed by atoms with van der Waals surface area (Å²) in [7, 11) is 1.48. The van der Waals surface area contributed by atoms with E-state index in [1.54, 1.807) is 12.1 Å². The number of hydrogen-bond acceptors (Lipinski definition) is 3. The summed E-state index contributed by atoms with van der Waals surface area (Å²) < 4.78 is 4.92. The molecule has 0 aromatic heterocycles. The molecule has 0 spiro atoms. The van der Waals surface area contributed by atoms with Gasteiger partial charge in [0.2, 0.25) is 0 Å². The lowest BCUT2D eigenvalue weighted by molar-refractivity contribution is 0.0975. The number of hydrogen-bond donors (Lipinski definition) is 1. The molecule has 1 N–H and O–H groups in total. The van der Waals surface area contributed by atoms with Crippen LogP contribution in [0.2, 0.25) is 0 Å². The molecule has 0 fully saturated rings. The second-order valence-corrected chi connectivity index (χ2v) is 4.24. The SMILES string of the molecule is COc1ccc(C(=O)CCC(C)C)cc1O. The number of carbonyl (C=O) groups is 1. The van der Waals surface area contributed by atoms with Crippen molar-refractivity contribution in [3.63, 3.8) is 0 Å². The van der Waals surface area contributed by atoms with E-state index in [2.05, 4.69) is 13.8 Å². The van der Waals surface area contributed by atoms with E-state index in [1.165, 1.54) is 13.2 Å². The minimum absolute atomic E-state index is 0.0119. The van der Waals surface area contributed by atoms with Crippen molar-refractivity contribution < 1.29 is 14.6 Å². The Kier molecular flexibility index (Phi) is 4.35. The molecule has 0 saturated heterocycles. The predicted octanol–water partition coefficient (Wildman–Crippen LogP) is 3.02. The van der Waals surface area contributed by atoms with E-state index in [9.17, 15) is 9.90 Å². The molecule has 0 aliphatic heterocycles. The van der Waals surface area contributed by atoms with Gasteiger partial charge in [0.25, 0.3) is 0 Å². The van der Waals surface area contributed by atoms with Crippen molar-refractivity contribution >= 4 is 5.78 Å². The van der Waals surface area contributed by atoms with Gasteiger partial charge in [-0.25, -0.2) is 0 Å². The Morgan fingerprint density at radius 1 is 1.44 bits per heavy atom. The van der Waals surface area contributed by atoms with E-state index in [1.807, 2.05) is 0 Å². The highest BCUT2D eigenvalue weighted by molar-refractivity contribution is 5.96. The summed E-state index contributed by atoms with van der Waals surface area (Å²) in [6, 6.07) is 4.75. The number of aromatic hydroxyl groups is 1. The van der Waals surface area contributed by atoms with Crippen LogP contribution in [0.5, 0.6) is 11.5 Å². The number of benzene rings is 1. The molecule has 16 heavy (non-hydrogen) atoms. The summed E-state index contributed by atoms with van der Waals surface area (Å²) in [5, 5.41) is 9.54. The monoisotopic (exact) mass is 222 g/mol. The van der Waals surface area contributed by atoms with Crippen LogP contribution < -0.4 is 4.74 Å². The van der Waals surface area contributed by atoms with Crippen LogP contribution in [0.3, 0.4) is 0 Å². The number of rotatable bonds is 5. The Hall–Kier alpha value is -1.51. The molecule has 0 bridgehead atoms. The summed E-state index contributed by atoms with van der Waals surface area (Å²) in [6.45, 7) is 4.16. The lowest BCUT2D eigenvalue weighted by Gasteiger charge is -2.06. The van der Waals surface area contributed by atoms with E-state index in [0.717, 1.165) is 6.42 Å². The molecule has 0 amide bonds. The van der Waals surface area contributed by atoms with E-state index in [4.69, 9.17) is 4.74 Å². The van der Waals surface area contributed by atoms with Gasteiger partial charge < -0.3 is 9.84 Å². The zero-order chi connectivity index (χ0) is 12.1. The summed E-state index contributed by atoms with van der Waals surface area (Å²) in [4.78, 5) is 11.7. The van der Waals surface area contributed by atoms with E-state index < -0.39 is 0 Å². The molecular weight excluding hydrogens is 204 g/mol. The number of phenolic OH excluding ortho intramolecular Hbond substituents is 1. The topological polar surface area (TPSA) is 46.5 Å². The van der Waals surface area contributed by atoms with Gasteiger partial charge in [0.05, 0.1) is 7.11 Å². The van der Waals surface area contributed by atoms with Crippen molar-refractivity contribution in [3.8, 4) is 11.5 Å². The van der Waals surface area contributed by atoms with E-state index in [-0.39, 0.29) is 11.5 Å². The lowest BCUT2D eigenvalue weighted by atomic mass is 10.0. The van der Waals surface area contributed by atoms with Gasteiger partial charge in [-0.2, -0.15) is 0 Å². The molecule has 3 nitrogen and oxygen atoms in total. The maximum Gasteiger partial charge on any atom is 0.163 e.